The standard InChI is InChI=1S/C19H22N2OS/c22-19(18-8-4-12-23-18)21-10-3-7-17(14-21)20-11-9-15-5-1-2-6-16(15)13-20/h1-2,4-6,8,12,17H,3,7,9-11,13-14H2/t17-/m1/s1. The first kappa shape index (κ1) is 14.9. The molecule has 2 aromatic rings. The third-order valence-electron chi connectivity index (χ3n) is 5.09. The van der Waals surface area contributed by atoms with E-state index in [0.717, 1.165) is 43.9 Å². The van der Waals surface area contributed by atoms with Crippen LogP contribution in [0.1, 0.15) is 33.6 Å². The number of piperidine rings is 1. The molecule has 4 heteroatoms. The van der Waals surface area contributed by atoms with Crippen LogP contribution in [0.25, 0.3) is 0 Å². The van der Waals surface area contributed by atoms with Gasteiger partial charge in [-0.25, -0.2) is 0 Å². The zero-order valence-electron chi connectivity index (χ0n) is 13.3. The maximum atomic E-state index is 12.6. The highest BCUT2D eigenvalue weighted by Crippen LogP contribution is 2.25. The number of thiophene rings is 1. The van der Waals surface area contributed by atoms with Crippen LogP contribution in [0.4, 0.5) is 0 Å². The number of hydrogen-bond acceptors (Lipinski definition) is 3. The van der Waals surface area contributed by atoms with Gasteiger partial charge in [0.25, 0.3) is 5.91 Å². The van der Waals surface area contributed by atoms with Gasteiger partial charge in [-0.3, -0.25) is 9.69 Å². The van der Waals surface area contributed by atoms with Gasteiger partial charge in [-0.15, -0.1) is 11.3 Å². The van der Waals surface area contributed by atoms with Crippen molar-refractivity contribution in [2.24, 2.45) is 0 Å². The first-order valence-corrected chi connectivity index (χ1v) is 9.33. The molecule has 0 radical (unpaired) electrons. The minimum atomic E-state index is 0.210. The number of fused-ring (bicyclic) bond motifs is 1. The molecule has 0 saturated carbocycles. The first-order chi connectivity index (χ1) is 11.3. The molecule has 1 amide bonds. The molecule has 1 saturated heterocycles. The lowest BCUT2D eigenvalue weighted by Crippen LogP contribution is -2.50. The predicted molar refractivity (Wildman–Crippen MR) is 93.8 cm³/mol. The molecule has 3 heterocycles. The highest BCUT2D eigenvalue weighted by Gasteiger charge is 2.30. The molecule has 120 valence electrons. The highest BCUT2D eigenvalue weighted by atomic mass is 32.1. The number of likely N-dealkylation sites (tertiary alicyclic amines) is 1. The van der Waals surface area contributed by atoms with Crippen LogP contribution in [0.15, 0.2) is 41.8 Å². The molecule has 4 rings (SSSR count). The van der Waals surface area contributed by atoms with E-state index in [4.69, 9.17) is 0 Å². The smallest absolute Gasteiger partial charge is 0.263 e. The number of amides is 1. The Labute approximate surface area is 141 Å². The summed E-state index contributed by atoms with van der Waals surface area (Å²) in [7, 11) is 0. The Bertz CT molecular complexity index is 682. The number of carbonyl (C=O) groups is 1. The minimum Gasteiger partial charge on any atom is -0.336 e. The second-order valence-electron chi connectivity index (χ2n) is 6.51. The summed E-state index contributed by atoms with van der Waals surface area (Å²) in [6, 6.07) is 13.2. The van der Waals surface area contributed by atoms with Crippen LogP contribution < -0.4 is 0 Å². The van der Waals surface area contributed by atoms with Crippen LogP contribution in [0.5, 0.6) is 0 Å². The van der Waals surface area contributed by atoms with Crippen molar-refractivity contribution in [3.05, 3.63) is 57.8 Å². The van der Waals surface area contributed by atoms with Crippen LogP contribution >= 0.6 is 11.3 Å². The van der Waals surface area contributed by atoms with Crippen molar-refractivity contribution < 1.29 is 4.79 Å². The summed E-state index contributed by atoms with van der Waals surface area (Å²) >= 11 is 1.55. The maximum absolute atomic E-state index is 12.6. The van der Waals surface area contributed by atoms with E-state index in [0.29, 0.717) is 6.04 Å². The Morgan fingerprint density at radius 2 is 1.96 bits per heavy atom. The van der Waals surface area contributed by atoms with Gasteiger partial charge in [0.2, 0.25) is 0 Å². The molecule has 0 unspecified atom stereocenters. The number of rotatable bonds is 2. The molecule has 23 heavy (non-hydrogen) atoms. The van der Waals surface area contributed by atoms with Crippen LogP contribution in [-0.2, 0) is 13.0 Å². The Morgan fingerprint density at radius 1 is 1.09 bits per heavy atom. The molecule has 0 N–H and O–H groups in total. The molecule has 0 aliphatic carbocycles. The summed E-state index contributed by atoms with van der Waals surface area (Å²) in [4.78, 5) is 18.1. The number of nitrogens with zero attached hydrogens (tertiary/aromatic N) is 2. The molecule has 1 atom stereocenters. The van der Waals surface area contributed by atoms with Crippen molar-refractivity contribution in [1.29, 1.82) is 0 Å². The van der Waals surface area contributed by atoms with Crippen LogP contribution in [-0.4, -0.2) is 41.4 Å². The van der Waals surface area contributed by atoms with Crippen molar-refractivity contribution in [3.63, 3.8) is 0 Å². The lowest BCUT2D eigenvalue weighted by Gasteiger charge is -2.41. The van der Waals surface area contributed by atoms with Gasteiger partial charge >= 0.3 is 0 Å². The highest BCUT2D eigenvalue weighted by molar-refractivity contribution is 7.12. The summed E-state index contributed by atoms with van der Waals surface area (Å²) in [6.07, 6.45) is 3.45. The van der Waals surface area contributed by atoms with E-state index in [9.17, 15) is 4.79 Å². The lowest BCUT2D eigenvalue weighted by molar-refractivity contribution is 0.0553. The van der Waals surface area contributed by atoms with E-state index < -0.39 is 0 Å². The Kier molecular flexibility index (Phi) is 4.19. The van der Waals surface area contributed by atoms with Gasteiger partial charge in [0.1, 0.15) is 0 Å². The van der Waals surface area contributed by atoms with Gasteiger partial charge in [-0.05, 0) is 41.8 Å². The van der Waals surface area contributed by atoms with Crippen molar-refractivity contribution in [2.45, 2.75) is 31.8 Å². The van der Waals surface area contributed by atoms with Crippen LogP contribution in [0.2, 0.25) is 0 Å². The fraction of sp³-hybridized carbons (Fsp3) is 0.421. The summed E-state index contributed by atoms with van der Waals surface area (Å²) < 4.78 is 0. The Hall–Kier alpha value is -1.65. The van der Waals surface area contributed by atoms with Crippen LogP contribution in [0.3, 0.4) is 0 Å². The molecule has 2 aliphatic heterocycles. The molecule has 1 aromatic heterocycles. The zero-order valence-corrected chi connectivity index (χ0v) is 14.1. The average molecular weight is 326 g/mol. The molecule has 0 spiro atoms. The molecule has 2 aliphatic rings. The quantitative estimate of drug-likeness (QED) is 0.844. The van der Waals surface area contributed by atoms with E-state index in [1.54, 1.807) is 11.3 Å². The SMILES string of the molecule is O=C(c1cccs1)N1CCC[C@@H](N2CCc3ccccc3C2)C1. The summed E-state index contributed by atoms with van der Waals surface area (Å²) in [6.45, 7) is 3.92. The van der Waals surface area contributed by atoms with E-state index in [-0.39, 0.29) is 5.91 Å². The molecule has 3 nitrogen and oxygen atoms in total. The first-order valence-electron chi connectivity index (χ1n) is 8.45. The average Bonchev–Trinajstić information content (AvgIpc) is 3.15. The second kappa shape index (κ2) is 6.46. The molecule has 0 bridgehead atoms. The molecule has 1 aromatic carbocycles. The number of hydrogen-bond donors (Lipinski definition) is 0. The van der Waals surface area contributed by atoms with Gasteiger partial charge < -0.3 is 4.90 Å². The number of benzene rings is 1. The van der Waals surface area contributed by atoms with Gasteiger partial charge in [-0.1, -0.05) is 30.3 Å². The zero-order chi connectivity index (χ0) is 15.6. The summed E-state index contributed by atoms with van der Waals surface area (Å²) in [5.74, 6) is 0.210. The topological polar surface area (TPSA) is 23.6 Å². The Balaban J connectivity index is 1.45. The predicted octanol–water partition coefficient (Wildman–Crippen LogP) is 3.41. The van der Waals surface area contributed by atoms with E-state index in [1.807, 2.05) is 17.5 Å². The summed E-state index contributed by atoms with van der Waals surface area (Å²) in [5, 5.41) is 1.98. The van der Waals surface area contributed by atoms with E-state index in [2.05, 4.69) is 34.1 Å². The van der Waals surface area contributed by atoms with Gasteiger partial charge in [0.15, 0.2) is 0 Å². The second-order valence-corrected chi connectivity index (χ2v) is 7.46. The van der Waals surface area contributed by atoms with Crippen LogP contribution in [0, 0.1) is 0 Å². The fourth-order valence-corrected chi connectivity index (χ4v) is 4.51. The van der Waals surface area contributed by atoms with Crippen molar-refractivity contribution in [2.75, 3.05) is 19.6 Å². The van der Waals surface area contributed by atoms with Crippen molar-refractivity contribution in [3.8, 4) is 0 Å². The third kappa shape index (κ3) is 3.06. The third-order valence-corrected chi connectivity index (χ3v) is 5.95. The molecule has 1 fully saturated rings. The molecular formula is C19H22N2OS. The monoisotopic (exact) mass is 326 g/mol. The van der Waals surface area contributed by atoms with Gasteiger partial charge in [-0.2, -0.15) is 0 Å². The summed E-state index contributed by atoms with van der Waals surface area (Å²) in [5.41, 5.74) is 2.95. The fourth-order valence-electron chi connectivity index (χ4n) is 3.82. The van der Waals surface area contributed by atoms with E-state index >= 15 is 0 Å². The van der Waals surface area contributed by atoms with Crippen molar-refractivity contribution >= 4 is 17.2 Å². The number of carbonyl (C=O) groups excluding carboxylic acids is 1. The largest absolute Gasteiger partial charge is 0.336 e. The maximum Gasteiger partial charge on any atom is 0.263 e. The normalized spacial score (nSPS) is 21.9. The Morgan fingerprint density at radius 3 is 2.78 bits per heavy atom. The molecular weight excluding hydrogens is 304 g/mol. The van der Waals surface area contributed by atoms with Gasteiger partial charge in [0, 0.05) is 32.2 Å². The van der Waals surface area contributed by atoms with E-state index in [1.165, 1.54) is 17.5 Å². The van der Waals surface area contributed by atoms with Crippen molar-refractivity contribution in [1.82, 2.24) is 9.80 Å². The minimum absolute atomic E-state index is 0.210. The van der Waals surface area contributed by atoms with Gasteiger partial charge in [0.05, 0.1) is 4.88 Å². The lowest BCUT2D eigenvalue weighted by atomic mass is 9.96.